The zero-order valence-corrected chi connectivity index (χ0v) is 12.8. The van der Waals surface area contributed by atoms with Crippen LogP contribution in [0, 0.1) is 25.5 Å². The van der Waals surface area contributed by atoms with E-state index in [0.29, 0.717) is 5.75 Å². The molecule has 0 saturated heterocycles. The Hall–Kier alpha value is -2.76. The zero-order valence-electron chi connectivity index (χ0n) is 12.8. The van der Waals surface area contributed by atoms with E-state index in [9.17, 15) is 13.6 Å². The smallest absolute Gasteiger partial charge is 0.277 e. The lowest BCUT2D eigenvalue weighted by Gasteiger charge is -2.07. The molecule has 0 unspecified atom stereocenters. The average molecular weight is 318 g/mol. The van der Waals surface area contributed by atoms with Crippen molar-refractivity contribution >= 4 is 12.1 Å². The first-order valence-electron chi connectivity index (χ1n) is 6.92. The van der Waals surface area contributed by atoms with Gasteiger partial charge in [0.25, 0.3) is 5.91 Å². The van der Waals surface area contributed by atoms with E-state index in [1.807, 2.05) is 19.9 Å². The first kappa shape index (κ1) is 16.6. The van der Waals surface area contributed by atoms with Crippen molar-refractivity contribution in [2.24, 2.45) is 5.10 Å². The van der Waals surface area contributed by atoms with Gasteiger partial charge in [0.05, 0.1) is 11.8 Å². The van der Waals surface area contributed by atoms with Crippen LogP contribution in [0.4, 0.5) is 8.78 Å². The molecule has 0 bridgehead atoms. The Morgan fingerprint density at radius 1 is 1.17 bits per heavy atom. The third kappa shape index (κ3) is 4.88. The van der Waals surface area contributed by atoms with Gasteiger partial charge in [0.15, 0.2) is 6.61 Å². The number of nitrogens with zero attached hydrogens (tertiary/aromatic N) is 1. The number of benzene rings is 2. The summed E-state index contributed by atoms with van der Waals surface area (Å²) in [5.74, 6) is -1.47. The lowest BCUT2D eigenvalue weighted by molar-refractivity contribution is -0.123. The predicted octanol–water partition coefficient (Wildman–Crippen LogP) is 3.11. The second-order valence-electron chi connectivity index (χ2n) is 5.04. The summed E-state index contributed by atoms with van der Waals surface area (Å²) >= 11 is 0. The molecule has 0 aliphatic rings. The van der Waals surface area contributed by atoms with Crippen LogP contribution in [-0.4, -0.2) is 18.7 Å². The van der Waals surface area contributed by atoms with Crippen molar-refractivity contribution in [1.29, 1.82) is 0 Å². The Morgan fingerprint density at radius 3 is 2.39 bits per heavy atom. The third-order valence-electron chi connectivity index (χ3n) is 2.95. The van der Waals surface area contributed by atoms with E-state index in [2.05, 4.69) is 10.5 Å². The summed E-state index contributed by atoms with van der Waals surface area (Å²) in [6.07, 6.45) is 0.916. The molecule has 0 radical (unpaired) electrons. The van der Waals surface area contributed by atoms with E-state index in [-0.39, 0.29) is 12.2 Å². The molecule has 0 spiro atoms. The van der Waals surface area contributed by atoms with Crippen molar-refractivity contribution < 1.29 is 18.3 Å². The standard InChI is InChI=1S/C17H16F2N2O2/c1-11-6-12(2)8-13(7-11)23-10-17(22)21-20-9-14-15(18)4-3-5-16(14)19/h3-9H,10H2,1-2H3,(H,21,22)/b20-9-. The van der Waals surface area contributed by atoms with Crippen molar-refractivity contribution in [3.05, 3.63) is 64.7 Å². The maximum absolute atomic E-state index is 13.4. The molecule has 0 aromatic heterocycles. The summed E-state index contributed by atoms with van der Waals surface area (Å²) in [5, 5.41) is 3.53. The van der Waals surface area contributed by atoms with Crippen molar-refractivity contribution in [1.82, 2.24) is 5.43 Å². The maximum atomic E-state index is 13.4. The molecule has 2 rings (SSSR count). The van der Waals surface area contributed by atoms with Crippen LogP contribution >= 0.6 is 0 Å². The van der Waals surface area contributed by atoms with Crippen molar-refractivity contribution in [3.8, 4) is 5.75 Å². The fraction of sp³-hybridized carbons (Fsp3) is 0.176. The van der Waals surface area contributed by atoms with Crippen LogP contribution in [0.3, 0.4) is 0 Å². The Morgan fingerprint density at radius 2 is 1.78 bits per heavy atom. The number of rotatable bonds is 5. The Labute approximate surface area is 132 Å². The summed E-state index contributed by atoms with van der Waals surface area (Å²) in [5.41, 5.74) is 3.88. The van der Waals surface area contributed by atoms with Crippen molar-refractivity contribution in [3.63, 3.8) is 0 Å². The molecule has 2 aromatic carbocycles. The molecule has 4 nitrogen and oxygen atoms in total. The Balaban J connectivity index is 1.89. The number of hydrazone groups is 1. The molecule has 0 aliphatic carbocycles. The summed E-state index contributed by atoms with van der Waals surface area (Å²) < 4.78 is 32.0. The predicted molar refractivity (Wildman–Crippen MR) is 83.5 cm³/mol. The minimum absolute atomic E-state index is 0.250. The molecule has 1 N–H and O–H groups in total. The number of halogens is 2. The molecular formula is C17H16F2N2O2. The molecule has 120 valence electrons. The average Bonchev–Trinajstić information content (AvgIpc) is 2.47. The largest absolute Gasteiger partial charge is 0.484 e. The quantitative estimate of drug-likeness (QED) is 0.680. The van der Waals surface area contributed by atoms with Crippen molar-refractivity contribution in [2.45, 2.75) is 13.8 Å². The van der Waals surface area contributed by atoms with Crippen LogP contribution in [0.25, 0.3) is 0 Å². The van der Waals surface area contributed by atoms with Gasteiger partial charge in [0.1, 0.15) is 17.4 Å². The number of amides is 1. The van der Waals surface area contributed by atoms with Gasteiger partial charge in [-0.2, -0.15) is 5.10 Å². The highest BCUT2D eigenvalue weighted by molar-refractivity contribution is 5.83. The topological polar surface area (TPSA) is 50.7 Å². The second-order valence-corrected chi connectivity index (χ2v) is 5.04. The fourth-order valence-corrected chi connectivity index (χ4v) is 2.00. The Bertz CT molecular complexity index is 705. The third-order valence-corrected chi connectivity index (χ3v) is 2.95. The first-order valence-corrected chi connectivity index (χ1v) is 6.92. The van der Waals surface area contributed by atoms with Crippen LogP contribution < -0.4 is 10.2 Å². The lowest BCUT2D eigenvalue weighted by Crippen LogP contribution is -2.24. The van der Waals surface area contributed by atoms with Gasteiger partial charge < -0.3 is 4.74 Å². The number of ether oxygens (including phenoxy) is 1. The van der Waals surface area contributed by atoms with Gasteiger partial charge >= 0.3 is 0 Å². The molecule has 23 heavy (non-hydrogen) atoms. The molecular weight excluding hydrogens is 302 g/mol. The summed E-state index contributed by atoms with van der Waals surface area (Å²) in [7, 11) is 0. The van der Waals surface area contributed by atoms with Gasteiger partial charge in [-0.15, -0.1) is 0 Å². The molecule has 1 amide bonds. The summed E-state index contributed by atoms with van der Waals surface area (Å²) in [4.78, 5) is 11.6. The fourth-order valence-electron chi connectivity index (χ4n) is 2.00. The second kappa shape index (κ2) is 7.49. The molecule has 0 saturated carbocycles. The van der Waals surface area contributed by atoms with Gasteiger partial charge in [0.2, 0.25) is 0 Å². The number of carbonyl (C=O) groups excluding carboxylic acids is 1. The summed E-state index contributed by atoms with van der Waals surface area (Å²) in [6.45, 7) is 3.60. The van der Waals surface area contributed by atoms with Gasteiger partial charge in [-0.25, -0.2) is 14.2 Å². The highest BCUT2D eigenvalue weighted by Gasteiger charge is 2.06. The monoisotopic (exact) mass is 318 g/mol. The highest BCUT2D eigenvalue weighted by atomic mass is 19.1. The van der Waals surface area contributed by atoms with E-state index in [1.165, 1.54) is 6.07 Å². The van der Waals surface area contributed by atoms with Crippen LogP contribution in [0.1, 0.15) is 16.7 Å². The van der Waals surface area contributed by atoms with Gasteiger partial charge in [-0.3, -0.25) is 4.79 Å². The van der Waals surface area contributed by atoms with Crippen LogP contribution in [-0.2, 0) is 4.79 Å². The molecule has 0 fully saturated rings. The number of hydrogen-bond donors (Lipinski definition) is 1. The Kier molecular flexibility index (Phi) is 5.41. The maximum Gasteiger partial charge on any atom is 0.277 e. The van der Waals surface area contributed by atoms with E-state index in [4.69, 9.17) is 4.74 Å². The van der Waals surface area contributed by atoms with Gasteiger partial charge in [0, 0.05) is 0 Å². The lowest BCUT2D eigenvalue weighted by atomic mass is 10.1. The molecule has 0 aliphatic heterocycles. The number of hydrogen-bond acceptors (Lipinski definition) is 3. The highest BCUT2D eigenvalue weighted by Crippen LogP contribution is 2.15. The molecule has 0 heterocycles. The van der Waals surface area contributed by atoms with Gasteiger partial charge in [-0.1, -0.05) is 12.1 Å². The molecule has 2 aromatic rings. The van der Waals surface area contributed by atoms with E-state index in [0.717, 1.165) is 29.5 Å². The van der Waals surface area contributed by atoms with Crippen LogP contribution in [0.2, 0.25) is 0 Å². The SMILES string of the molecule is Cc1cc(C)cc(OCC(=O)N/N=C\c2c(F)cccc2F)c1. The van der Waals surface area contributed by atoms with E-state index < -0.39 is 17.5 Å². The number of nitrogens with one attached hydrogen (secondary N) is 1. The normalized spacial score (nSPS) is 10.8. The molecule has 0 atom stereocenters. The summed E-state index contributed by atoms with van der Waals surface area (Å²) in [6, 6.07) is 9.06. The minimum atomic E-state index is -0.755. The first-order chi connectivity index (χ1) is 11.0. The number of carbonyl (C=O) groups is 1. The van der Waals surface area contributed by atoms with Crippen LogP contribution in [0.15, 0.2) is 41.5 Å². The zero-order chi connectivity index (χ0) is 16.8. The minimum Gasteiger partial charge on any atom is -0.484 e. The molecule has 6 heteroatoms. The van der Waals surface area contributed by atoms with Gasteiger partial charge in [-0.05, 0) is 49.2 Å². The van der Waals surface area contributed by atoms with E-state index >= 15 is 0 Å². The van der Waals surface area contributed by atoms with E-state index in [1.54, 1.807) is 12.1 Å². The van der Waals surface area contributed by atoms with Crippen molar-refractivity contribution in [2.75, 3.05) is 6.61 Å². The van der Waals surface area contributed by atoms with Crippen LogP contribution in [0.5, 0.6) is 5.75 Å². The number of aryl methyl sites for hydroxylation is 2.